The highest BCUT2D eigenvalue weighted by Gasteiger charge is 2.29. The van der Waals surface area contributed by atoms with Crippen LogP contribution in [0.2, 0.25) is 0 Å². The molecule has 0 amide bonds. The Morgan fingerprint density at radius 1 is 1.08 bits per heavy atom. The Bertz CT molecular complexity index is 715. The lowest BCUT2D eigenvalue weighted by molar-refractivity contribution is -0.105. The van der Waals surface area contributed by atoms with Gasteiger partial charge in [-0.2, -0.15) is 0 Å². The van der Waals surface area contributed by atoms with Crippen molar-refractivity contribution in [2.24, 2.45) is 5.92 Å². The Balaban J connectivity index is 1.58. The van der Waals surface area contributed by atoms with Gasteiger partial charge in [0.15, 0.2) is 0 Å². The van der Waals surface area contributed by atoms with E-state index in [9.17, 15) is 4.79 Å². The fourth-order valence-electron chi connectivity index (χ4n) is 3.17. The normalized spacial score (nSPS) is 20.0. The van der Waals surface area contributed by atoms with Crippen LogP contribution < -0.4 is 4.74 Å². The predicted octanol–water partition coefficient (Wildman–Crippen LogP) is 5.13. The van der Waals surface area contributed by atoms with Crippen molar-refractivity contribution < 1.29 is 14.3 Å². The third-order valence-electron chi connectivity index (χ3n) is 4.56. The van der Waals surface area contributed by atoms with Gasteiger partial charge in [-0.25, -0.2) is 0 Å². The first kappa shape index (κ1) is 17.4. The fraction of sp³-hybridized carbons (Fsp3) is 0.318. The van der Waals surface area contributed by atoms with Crippen molar-refractivity contribution in [2.45, 2.75) is 25.7 Å². The second kappa shape index (κ2) is 8.63. The van der Waals surface area contributed by atoms with Gasteiger partial charge in [0.2, 0.25) is 0 Å². The molecule has 3 nitrogen and oxygen atoms in total. The number of carbonyl (C=O) groups is 1. The maximum atomic E-state index is 11.1. The summed E-state index contributed by atoms with van der Waals surface area (Å²) in [5, 5.41) is 0. The minimum Gasteiger partial charge on any atom is -0.457 e. The van der Waals surface area contributed by atoms with Crippen molar-refractivity contribution in [1.82, 2.24) is 0 Å². The first-order valence-electron chi connectivity index (χ1n) is 8.85. The number of allylic oxidation sites excluding steroid dienone is 1. The van der Waals surface area contributed by atoms with Crippen LogP contribution in [0.15, 0.2) is 66.2 Å². The van der Waals surface area contributed by atoms with E-state index in [1.807, 2.05) is 49.4 Å². The van der Waals surface area contributed by atoms with Crippen molar-refractivity contribution in [3.8, 4) is 11.5 Å². The number of hydrogen-bond acceptors (Lipinski definition) is 3. The van der Waals surface area contributed by atoms with Crippen molar-refractivity contribution in [1.29, 1.82) is 0 Å². The zero-order chi connectivity index (χ0) is 17.5. The molecule has 0 aliphatic heterocycles. The molecular formula is C22H24O3. The van der Waals surface area contributed by atoms with Crippen LogP contribution in [-0.4, -0.2) is 19.5 Å². The molecule has 0 N–H and O–H groups in total. The molecular weight excluding hydrogens is 312 g/mol. The molecule has 0 aromatic heterocycles. The van der Waals surface area contributed by atoms with E-state index < -0.39 is 0 Å². The Morgan fingerprint density at radius 2 is 1.84 bits per heavy atom. The lowest BCUT2D eigenvalue weighted by Crippen LogP contribution is -2.21. The van der Waals surface area contributed by atoms with E-state index in [1.54, 1.807) is 0 Å². The third-order valence-corrected chi connectivity index (χ3v) is 4.56. The average molecular weight is 336 g/mol. The largest absolute Gasteiger partial charge is 0.457 e. The molecule has 25 heavy (non-hydrogen) atoms. The Kier molecular flexibility index (Phi) is 6.02. The highest BCUT2D eigenvalue weighted by atomic mass is 16.5. The van der Waals surface area contributed by atoms with Crippen molar-refractivity contribution >= 4 is 6.29 Å². The maximum Gasteiger partial charge on any atom is 0.148 e. The van der Waals surface area contributed by atoms with Crippen LogP contribution in [0.5, 0.6) is 11.5 Å². The second-order valence-electron chi connectivity index (χ2n) is 6.41. The van der Waals surface area contributed by atoms with E-state index in [0.29, 0.717) is 25.0 Å². The molecule has 2 aromatic carbocycles. The topological polar surface area (TPSA) is 35.5 Å². The average Bonchev–Trinajstić information content (AvgIpc) is 2.61. The molecule has 1 aliphatic rings. The van der Waals surface area contributed by atoms with E-state index in [-0.39, 0.29) is 0 Å². The Morgan fingerprint density at radius 3 is 2.56 bits per heavy atom. The van der Waals surface area contributed by atoms with Gasteiger partial charge in [0.25, 0.3) is 0 Å². The quantitative estimate of drug-likeness (QED) is 0.495. The van der Waals surface area contributed by atoms with Crippen LogP contribution in [0.25, 0.3) is 0 Å². The Hall–Kier alpha value is -2.39. The van der Waals surface area contributed by atoms with Gasteiger partial charge in [0, 0.05) is 12.2 Å². The van der Waals surface area contributed by atoms with Crippen LogP contribution in [0.1, 0.15) is 31.2 Å². The molecule has 2 aromatic rings. The van der Waals surface area contributed by atoms with E-state index in [4.69, 9.17) is 9.47 Å². The van der Waals surface area contributed by atoms with Crippen LogP contribution in [-0.2, 0) is 9.53 Å². The first-order chi connectivity index (χ1) is 12.3. The number of carbonyl (C=O) groups excluding carboxylic acids is 1. The summed E-state index contributed by atoms with van der Waals surface area (Å²) < 4.78 is 11.2. The third kappa shape index (κ3) is 4.80. The Labute approximate surface area is 149 Å². The van der Waals surface area contributed by atoms with Gasteiger partial charge in [0.1, 0.15) is 17.8 Å². The van der Waals surface area contributed by atoms with Crippen LogP contribution in [0, 0.1) is 5.92 Å². The lowest BCUT2D eigenvalue weighted by Gasteiger charge is -2.34. The second-order valence-corrected chi connectivity index (χ2v) is 6.41. The molecule has 0 heterocycles. The lowest BCUT2D eigenvalue weighted by atomic mass is 9.71. The number of rotatable bonds is 8. The molecule has 0 atom stereocenters. The molecule has 3 heteroatoms. The monoisotopic (exact) mass is 336 g/mol. The number of benzene rings is 2. The summed E-state index contributed by atoms with van der Waals surface area (Å²) in [5.41, 5.74) is 2.06. The van der Waals surface area contributed by atoms with E-state index >= 15 is 0 Å². The fourth-order valence-corrected chi connectivity index (χ4v) is 3.17. The minimum absolute atomic E-state index is 0.418. The van der Waals surface area contributed by atoms with Gasteiger partial charge in [-0.05, 0) is 61.4 Å². The minimum atomic E-state index is 0.418. The molecule has 0 bridgehead atoms. The standard InChI is InChI=1S/C22H24O3/c1-2-24-16-18(15-23)11-17-12-20(13-17)19-7-6-10-22(14-19)25-21-8-4-3-5-9-21/h3-11,14-15,17,20H,2,12-13,16H2,1H3/b18-11+. The molecule has 0 unspecified atom stereocenters. The van der Waals surface area contributed by atoms with Gasteiger partial charge in [-0.1, -0.05) is 36.4 Å². The molecule has 3 rings (SSSR count). The summed E-state index contributed by atoms with van der Waals surface area (Å²) in [6.07, 6.45) is 5.12. The highest BCUT2D eigenvalue weighted by Crippen LogP contribution is 2.43. The zero-order valence-corrected chi connectivity index (χ0v) is 14.6. The molecule has 0 radical (unpaired) electrons. The molecule has 0 spiro atoms. The summed E-state index contributed by atoms with van der Waals surface area (Å²) in [7, 11) is 0. The predicted molar refractivity (Wildman–Crippen MR) is 99.1 cm³/mol. The number of ether oxygens (including phenoxy) is 2. The summed E-state index contributed by atoms with van der Waals surface area (Å²) in [5.74, 6) is 2.71. The first-order valence-corrected chi connectivity index (χ1v) is 8.85. The van der Waals surface area contributed by atoms with Crippen molar-refractivity contribution in [2.75, 3.05) is 13.2 Å². The summed E-state index contributed by atoms with van der Waals surface area (Å²) in [6, 6.07) is 18.1. The van der Waals surface area contributed by atoms with E-state index in [0.717, 1.165) is 36.2 Å². The van der Waals surface area contributed by atoms with Crippen molar-refractivity contribution in [3.63, 3.8) is 0 Å². The SMILES string of the molecule is CCOC/C(C=O)=C/C1CC(c2cccc(Oc3ccccc3)c2)C1. The van der Waals surface area contributed by atoms with Crippen molar-refractivity contribution in [3.05, 3.63) is 71.8 Å². The number of para-hydroxylation sites is 1. The van der Waals surface area contributed by atoms with Crippen LogP contribution >= 0.6 is 0 Å². The number of hydrogen-bond donors (Lipinski definition) is 0. The summed E-state index contributed by atoms with van der Waals surface area (Å²) in [4.78, 5) is 11.1. The smallest absolute Gasteiger partial charge is 0.148 e. The highest BCUT2D eigenvalue weighted by molar-refractivity contribution is 5.73. The van der Waals surface area contributed by atoms with Gasteiger partial charge < -0.3 is 9.47 Å². The molecule has 1 fully saturated rings. The van der Waals surface area contributed by atoms with Crippen LogP contribution in [0.4, 0.5) is 0 Å². The molecule has 1 aliphatic carbocycles. The van der Waals surface area contributed by atoms with Gasteiger partial charge in [-0.15, -0.1) is 0 Å². The summed E-state index contributed by atoms with van der Waals surface area (Å²) >= 11 is 0. The molecule has 130 valence electrons. The van der Waals surface area contributed by atoms with Gasteiger partial charge >= 0.3 is 0 Å². The van der Waals surface area contributed by atoms with E-state index in [1.165, 1.54) is 5.56 Å². The van der Waals surface area contributed by atoms with E-state index in [2.05, 4.69) is 18.2 Å². The zero-order valence-electron chi connectivity index (χ0n) is 14.6. The number of aldehydes is 1. The maximum absolute atomic E-state index is 11.1. The molecule has 0 saturated heterocycles. The summed E-state index contributed by atoms with van der Waals surface area (Å²) in [6.45, 7) is 2.99. The van der Waals surface area contributed by atoms with Gasteiger partial charge in [0.05, 0.1) is 6.61 Å². The molecule has 1 saturated carbocycles. The van der Waals surface area contributed by atoms with Gasteiger partial charge in [-0.3, -0.25) is 4.79 Å². The van der Waals surface area contributed by atoms with Crippen LogP contribution in [0.3, 0.4) is 0 Å².